The van der Waals surface area contributed by atoms with Gasteiger partial charge in [-0.2, -0.15) is 0 Å². The maximum Gasteiger partial charge on any atom is 0.0947 e. The van der Waals surface area contributed by atoms with Gasteiger partial charge in [-0.25, -0.2) is 0 Å². The van der Waals surface area contributed by atoms with Gasteiger partial charge in [0, 0.05) is 17.6 Å². The first-order chi connectivity index (χ1) is 7.74. The van der Waals surface area contributed by atoms with E-state index >= 15 is 0 Å². The highest BCUT2D eigenvalue weighted by molar-refractivity contribution is 5.82. The molecule has 2 rings (SSSR count). The van der Waals surface area contributed by atoms with Crippen molar-refractivity contribution in [2.24, 2.45) is 5.73 Å². The van der Waals surface area contributed by atoms with E-state index in [1.54, 1.807) is 6.20 Å². The number of hydrogen-bond donors (Lipinski definition) is 2. The topological polar surface area (TPSA) is 59.1 Å². The molecule has 0 aliphatic rings. The summed E-state index contributed by atoms with van der Waals surface area (Å²) in [5.41, 5.74) is 7.62. The molecule has 1 heterocycles. The maximum absolute atomic E-state index is 10.1. The highest BCUT2D eigenvalue weighted by Crippen LogP contribution is 2.24. The van der Waals surface area contributed by atoms with Crippen molar-refractivity contribution in [2.75, 3.05) is 0 Å². The third kappa shape index (κ3) is 1.92. The van der Waals surface area contributed by atoms with Crippen molar-refractivity contribution in [3.8, 4) is 0 Å². The van der Waals surface area contributed by atoms with E-state index < -0.39 is 6.10 Å². The van der Waals surface area contributed by atoms with E-state index in [-0.39, 0.29) is 6.04 Å². The van der Waals surface area contributed by atoms with Crippen LogP contribution in [0.4, 0.5) is 0 Å². The molecule has 0 aliphatic carbocycles. The Labute approximate surface area is 94.9 Å². The van der Waals surface area contributed by atoms with Crippen molar-refractivity contribution in [3.05, 3.63) is 42.1 Å². The molecule has 1 aromatic heterocycles. The lowest BCUT2D eigenvalue weighted by molar-refractivity contribution is 0.146. The first kappa shape index (κ1) is 11.0. The number of para-hydroxylation sites is 1. The molecule has 3 nitrogen and oxygen atoms in total. The van der Waals surface area contributed by atoms with Gasteiger partial charge in [0.25, 0.3) is 0 Å². The summed E-state index contributed by atoms with van der Waals surface area (Å²) >= 11 is 0. The zero-order chi connectivity index (χ0) is 11.5. The van der Waals surface area contributed by atoms with E-state index in [1.165, 1.54) is 0 Å². The smallest absolute Gasteiger partial charge is 0.0947 e. The molecule has 0 amide bonds. The molecule has 1 aromatic carbocycles. The number of benzene rings is 1. The number of rotatable bonds is 3. The summed E-state index contributed by atoms with van der Waals surface area (Å²) in [6, 6.07) is 9.38. The minimum Gasteiger partial charge on any atom is -0.387 e. The Bertz CT molecular complexity index is 479. The van der Waals surface area contributed by atoms with Crippen LogP contribution in [-0.2, 0) is 0 Å². The SMILES string of the molecule is CCC(N)C(O)c1ccnc2ccccc12. The molecule has 0 aliphatic heterocycles. The molecular formula is C13H16N2O. The van der Waals surface area contributed by atoms with E-state index in [0.717, 1.165) is 22.9 Å². The monoisotopic (exact) mass is 216 g/mol. The Morgan fingerprint density at radius 2 is 2.06 bits per heavy atom. The van der Waals surface area contributed by atoms with E-state index in [9.17, 15) is 5.11 Å². The van der Waals surface area contributed by atoms with Gasteiger partial charge in [-0.15, -0.1) is 0 Å². The van der Waals surface area contributed by atoms with Gasteiger partial charge in [0.15, 0.2) is 0 Å². The second-order valence-corrected chi connectivity index (χ2v) is 3.93. The van der Waals surface area contributed by atoms with Crippen LogP contribution in [0.25, 0.3) is 10.9 Å². The molecule has 0 saturated carbocycles. The lowest BCUT2D eigenvalue weighted by Gasteiger charge is -2.18. The molecule has 3 heteroatoms. The van der Waals surface area contributed by atoms with Crippen molar-refractivity contribution >= 4 is 10.9 Å². The number of aromatic nitrogens is 1. The number of fused-ring (bicyclic) bond motifs is 1. The summed E-state index contributed by atoms with van der Waals surface area (Å²) in [5.74, 6) is 0. The summed E-state index contributed by atoms with van der Waals surface area (Å²) < 4.78 is 0. The van der Waals surface area contributed by atoms with Crippen LogP contribution in [0.2, 0.25) is 0 Å². The minimum absolute atomic E-state index is 0.231. The summed E-state index contributed by atoms with van der Waals surface area (Å²) in [6.07, 6.45) is 1.83. The number of aliphatic hydroxyl groups is 1. The maximum atomic E-state index is 10.1. The zero-order valence-electron chi connectivity index (χ0n) is 9.30. The van der Waals surface area contributed by atoms with Crippen LogP contribution in [0.15, 0.2) is 36.5 Å². The number of nitrogens with zero attached hydrogens (tertiary/aromatic N) is 1. The van der Waals surface area contributed by atoms with Crippen molar-refractivity contribution in [1.29, 1.82) is 0 Å². The Morgan fingerprint density at radius 3 is 2.81 bits per heavy atom. The molecule has 0 bridgehead atoms. The number of hydrogen-bond acceptors (Lipinski definition) is 3. The molecule has 0 fully saturated rings. The van der Waals surface area contributed by atoms with Crippen LogP contribution >= 0.6 is 0 Å². The van der Waals surface area contributed by atoms with Gasteiger partial charge in [0.2, 0.25) is 0 Å². The van der Waals surface area contributed by atoms with Crippen LogP contribution in [0, 0.1) is 0 Å². The van der Waals surface area contributed by atoms with Gasteiger partial charge in [-0.1, -0.05) is 25.1 Å². The first-order valence-electron chi connectivity index (χ1n) is 5.51. The number of aliphatic hydroxyl groups excluding tert-OH is 1. The summed E-state index contributed by atoms with van der Waals surface area (Å²) in [5, 5.41) is 11.1. The van der Waals surface area contributed by atoms with E-state index in [2.05, 4.69) is 4.98 Å². The molecule has 2 atom stereocenters. The lowest BCUT2D eigenvalue weighted by atomic mass is 9.98. The van der Waals surface area contributed by atoms with Crippen molar-refractivity contribution < 1.29 is 5.11 Å². The standard InChI is InChI=1S/C13H16N2O/c1-2-11(14)13(16)10-7-8-15-12-6-4-3-5-9(10)12/h3-8,11,13,16H,2,14H2,1H3. The molecule has 16 heavy (non-hydrogen) atoms. The molecular weight excluding hydrogens is 200 g/mol. The van der Waals surface area contributed by atoms with Gasteiger partial charge in [0.05, 0.1) is 11.6 Å². The number of pyridine rings is 1. The fraction of sp³-hybridized carbons (Fsp3) is 0.308. The van der Waals surface area contributed by atoms with Crippen LogP contribution in [0.5, 0.6) is 0 Å². The molecule has 2 aromatic rings. The van der Waals surface area contributed by atoms with Crippen LogP contribution in [0.3, 0.4) is 0 Å². The molecule has 0 saturated heterocycles. The van der Waals surface area contributed by atoms with Gasteiger partial charge >= 0.3 is 0 Å². The molecule has 0 spiro atoms. The Balaban J connectivity index is 2.52. The molecule has 3 N–H and O–H groups in total. The van der Waals surface area contributed by atoms with Crippen molar-refractivity contribution in [3.63, 3.8) is 0 Å². The summed E-state index contributed by atoms with van der Waals surface area (Å²) in [4.78, 5) is 4.26. The third-order valence-electron chi connectivity index (χ3n) is 2.88. The first-order valence-corrected chi connectivity index (χ1v) is 5.51. The molecule has 2 unspecified atom stereocenters. The van der Waals surface area contributed by atoms with Gasteiger partial charge < -0.3 is 10.8 Å². The minimum atomic E-state index is -0.627. The predicted molar refractivity (Wildman–Crippen MR) is 65.0 cm³/mol. The average molecular weight is 216 g/mol. The van der Waals surface area contributed by atoms with Crippen molar-refractivity contribution in [2.45, 2.75) is 25.5 Å². The molecule has 84 valence electrons. The Kier molecular flexibility index (Phi) is 3.17. The highest BCUT2D eigenvalue weighted by Gasteiger charge is 2.17. The lowest BCUT2D eigenvalue weighted by Crippen LogP contribution is -2.27. The summed E-state index contributed by atoms with van der Waals surface area (Å²) in [6.45, 7) is 1.97. The average Bonchev–Trinajstić information content (AvgIpc) is 2.36. The molecule has 0 radical (unpaired) electrons. The van der Waals surface area contributed by atoms with E-state index in [4.69, 9.17) is 5.73 Å². The van der Waals surface area contributed by atoms with Gasteiger partial charge in [-0.3, -0.25) is 4.98 Å². The Morgan fingerprint density at radius 1 is 1.31 bits per heavy atom. The summed E-state index contributed by atoms with van der Waals surface area (Å²) in [7, 11) is 0. The fourth-order valence-electron chi connectivity index (χ4n) is 1.83. The normalized spacial score (nSPS) is 14.9. The second kappa shape index (κ2) is 4.60. The van der Waals surface area contributed by atoms with Crippen molar-refractivity contribution in [1.82, 2.24) is 4.98 Å². The van der Waals surface area contributed by atoms with Gasteiger partial charge in [-0.05, 0) is 24.1 Å². The number of nitrogens with two attached hydrogens (primary N) is 1. The largest absolute Gasteiger partial charge is 0.387 e. The van der Waals surface area contributed by atoms with Crippen LogP contribution < -0.4 is 5.73 Å². The highest BCUT2D eigenvalue weighted by atomic mass is 16.3. The van der Waals surface area contributed by atoms with Gasteiger partial charge in [0.1, 0.15) is 0 Å². The third-order valence-corrected chi connectivity index (χ3v) is 2.88. The van der Waals surface area contributed by atoms with E-state index in [1.807, 2.05) is 37.3 Å². The van der Waals surface area contributed by atoms with E-state index in [0.29, 0.717) is 0 Å². The zero-order valence-corrected chi connectivity index (χ0v) is 9.30. The quantitative estimate of drug-likeness (QED) is 0.825. The fourth-order valence-corrected chi connectivity index (χ4v) is 1.83. The predicted octanol–water partition coefficient (Wildman–Crippen LogP) is 2.01. The van der Waals surface area contributed by atoms with Crippen LogP contribution in [-0.4, -0.2) is 16.1 Å². The Hall–Kier alpha value is -1.45. The van der Waals surface area contributed by atoms with Crippen LogP contribution in [0.1, 0.15) is 25.0 Å². The second-order valence-electron chi connectivity index (χ2n) is 3.93.